The molecule has 1 amide bonds. The van der Waals surface area contributed by atoms with Crippen LogP contribution in [0.25, 0.3) is 10.6 Å². The fourth-order valence-electron chi connectivity index (χ4n) is 2.76. The fraction of sp³-hybridized carbons (Fsp3) is 0.450. The highest BCUT2D eigenvalue weighted by Gasteiger charge is 2.31. The molecule has 0 saturated heterocycles. The van der Waals surface area contributed by atoms with Crippen molar-refractivity contribution >= 4 is 23.4 Å². The van der Waals surface area contributed by atoms with E-state index < -0.39 is 18.1 Å². The molecule has 1 aromatic carbocycles. The summed E-state index contributed by atoms with van der Waals surface area (Å²) in [7, 11) is 0. The minimum Gasteiger partial charge on any atom is -0.480 e. The topological polar surface area (TPSA) is 79.7 Å². The Morgan fingerprint density at radius 2 is 1.96 bits per heavy atom. The lowest BCUT2D eigenvalue weighted by Crippen LogP contribution is -2.47. The van der Waals surface area contributed by atoms with Crippen LogP contribution in [-0.4, -0.2) is 46.2 Å². The van der Waals surface area contributed by atoms with E-state index in [9.17, 15) is 14.7 Å². The molecule has 2 rings (SSSR count). The van der Waals surface area contributed by atoms with Gasteiger partial charge in [0.2, 0.25) is 0 Å². The number of aliphatic carboxylic acids is 1. The van der Waals surface area contributed by atoms with Gasteiger partial charge in [-0.2, -0.15) is 0 Å². The summed E-state index contributed by atoms with van der Waals surface area (Å²) < 4.78 is 5.09. The van der Waals surface area contributed by atoms with E-state index >= 15 is 0 Å². The van der Waals surface area contributed by atoms with Crippen molar-refractivity contribution in [3.8, 4) is 10.6 Å². The molecule has 0 bridgehead atoms. The van der Waals surface area contributed by atoms with Gasteiger partial charge in [0.05, 0.1) is 12.3 Å². The Bertz CT molecular complexity index is 745. The number of thiazole rings is 1. The lowest BCUT2D eigenvalue weighted by atomic mass is 10.0. The molecule has 1 atom stereocenters. The minimum absolute atomic E-state index is 0.145. The number of carboxylic acid groups (broad SMARTS) is 1. The van der Waals surface area contributed by atoms with Gasteiger partial charge in [0.1, 0.15) is 11.0 Å². The molecule has 1 aromatic heterocycles. The maximum Gasteiger partial charge on any atom is 0.410 e. The summed E-state index contributed by atoms with van der Waals surface area (Å²) >= 11 is 1.54. The van der Waals surface area contributed by atoms with E-state index in [0.29, 0.717) is 12.8 Å². The first-order valence-corrected chi connectivity index (χ1v) is 9.96. The molecule has 2 aromatic rings. The molecule has 1 N–H and O–H groups in total. The highest BCUT2D eigenvalue weighted by molar-refractivity contribution is 7.13. The second-order valence-corrected chi connectivity index (χ2v) is 7.49. The summed E-state index contributed by atoms with van der Waals surface area (Å²) in [4.78, 5) is 30.0. The predicted molar refractivity (Wildman–Crippen MR) is 106 cm³/mol. The Kier molecular flexibility index (Phi) is 7.79. The third-order valence-corrected chi connectivity index (χ3v) is 4.98. The van der Waals surface area contributed by atoms with Crippen LogP contribution in [0.5, 0.6) is 0 Å². The lowest BCUT2D eigenvalue weighted by molar-refractivity contribution is -0.143. The van der Waals surface area contributed by atoms with Crippen molar-refractivity contribution < 1.29 is 19.4 Å². The van der Waals surface area contributed by atoms with E-state index in [0.717, 1.165) is 16.3 Å². The van der Waals surface area contributed by atoms with Crippen LogP contribution in [0.15, 0.2) is 35.7 Å². The Morgan fingerprint density at radius 1 is 1.26 bits per heavy atom. The van der Waals surface area contributed by atoms with Crippen LogP contribution in [0.2, 0.25) is 0 Å². The summed E-state index contributed by atoms with van der Waals surface area (Å²) in [6.07, 6.45) is 0.258. The maximum atomic E-state index is 12.3. The number of nitrogens with zero attached hydrogens (tertiary/aromatic N) is 2. The highest BCUT2D eigenvalue weighted by Crippen LogP contribution is 2.24. The molecule has 1 unspecified atom stereocenters. The molecule has 7 heteroatoms. The lowest BCUT2D eigenvalue weighted by Gasteiger charge is -2.29. The summed E-state index contributed by atoms with van der Waals surface area (Å²) in [5, 5.41) is 12.5. The molecule has 0 radical (unpaired) electrons. The third-order valence-electron chi connectivity index (χ3n) is 4.04. The van der Waals surface area contributed by atoms with Crippen molar-refractivity contribution in [2.24, 2.45) is 5.92 Å². The van der Waals surface area contributed by atoms with E-state index in [4.69, 9.17) is 4.74 Å². The van der Waals surface area contributed by atoms with Crippen molar-refractivity contribution in [1.82, 2.24) is 9.88 Å². The summed E-state index contributed by atoms with van der Waals surface area (Å²) in [5.41, 5.74) is 1.88. The summed E-state index contributed by atoms with van der Waals surface area (Å²) in [5.74, 6) is -0.869. The van der Waals surface area contributed by atoms with Crippen LogP contribution in [-0.2, 0) is 16.0 Å². The second-order valence-electron chi connectivity index (χ2n) is 6.64. The molecule has 146 valence electrons. The van der Waals surface area contributed by atoms with Gasteiger partial charge < -0.3 is 9.84 Å². The number of amides is 1. The zero-order valence-electron chi connectivity index (χ0n) is 15.9. The van der Waals surface area contributed by atoms with Gasteiger partial charge in [-0.3, -0.25) is 4.90 Å². The second kappa shape index (κ2) is 10.1. The van der Waals surface area contributed by atoms with Gasteiger partial charge in [0, 0.05) is 23.9 Å². The average molecular weight is 391 g/mol. The number of carbonyl (C=O) groups is 2. The zero-order chi connectivity index (χ0) is 19.8. The van der Waals surface area contributed by atoms with Crippen LogP contribution in [0.4, 0.5) is 4.79 Å². The van der Waals surface area contributed by atoms with Gasteiger partial charge in [-0.25, -0.2) is 14.6 Å². The standard InChI is InChI=1S/C20H26N2O4S/c1-4-26-20(25)22(17(19(23)24)12-14(2)3)11-10-16-13-27-18(21-16)15-8-6-5-7-9-15/h5-9,13-14,17H,4,10-12H2,1-3H3,(H,23,24). The van der Waals surface area contributed by atoms with Gasteiger partial charge in [-0.1, -0.05) is 44.2 Å². The Balaban J connectivity index is 2.12. The van der Waals surface area contributed by atoms with Crippen LogP contribution >= 0.6 is 11.3 Å². The molecule has 0 aliphatic heterocycles. The number of carbonyl (C=O) groups excluding carboxylic acids is 1. The van der Waals surface area contributed by atoms with Gasteiger partial charge in [-0.15, -0.1) is 11.3 Å². The van der Waals surface area contributed by atoms with Crippen LogP contribution in [0.3, 0.4) is 0 Å². The van der Waals surface area contributed by atoms with E-state index in [1.807, 2.05) is 49.6 Å². The molecule has 0 aliphatic rings. The number of hydrogen-bond donors (Lipinski definition) is 1. The molecule has 6 nitrogen and oxygen atoms in total. The Morgan fingerprint density at radius 3 is 2.56 bits per heavy atom. The van der Waals surface area contributed by atoms with Crippen molar-refractivity contribution in [3.05, 3.63) is 41.4 Å². The number of hydrogen-bond acceptors (Lipinski definition) is 5. The molecule has 0 saturated carbocycles. The Hall–Kier alpha value is -2.41. The van der Waals surface area contributed by atoms with Gasteiger partial charge >= 0.3 is 12.1 Å². The van der Waals surface area contributed by atoms with Crippen molar-refractivity contribution in [3.63, 3.8) is 0 Å². The van der Waals surface area contributed by atoms with Crippen molar-refractivity contribution in [2.45, 2.75) is 39.7 Å². The number of benzene rings is 1. The molecule has 0 fully saturated rings. The molecule has 1 heterocycles. The Labute approximate surface area is 163 Å². The predicted octanol–water partition coefficient (Wildman–Crippen LogP) is 4.31. The smallest absolute Gasteiger partial charge is 0.410 e. The first kappa shape index (κ1) is 20.9. The van der Waals surface area contributed by atoms with E-state index in [2.05, 4.69) is 4.98 Å². The number of ether oxygens (including phenoxy) is 1. The number of carboxylic acids is 1. The first-order chi connectivity index (χ1) is 12.9. The first-order valence-electron chi connectivity index (χ1n) is 9.08. The third kappa shape index (κ3) is 6.06. The highest BCUT2D eigenvalue weighted by atomic mass is 32.1. The average Bonchev–Trinajstić information content (AvgIpc) is 3.10. The van der Waals surface area contributed by atoms with Crippen molar-refractivity contribution in [2.75, 3.05) is 13.2 Å². The number of rotatable bonds is 9. The zero-order valence-corrected chi connectivity index (χ0v) is 16.7. The van der Waals surface area contributed by atoms with Crippen LogP contribution in [0.1, 0.15) is 32.9 Å². The largest absolute Gasteiger partial charge is 0.480 e. The molecular formula is C20H26N2O4S. The van der Waals surface area contributed by atoms with Gasteiger partial charge in [0.25, 0.3) is 0 Å². The molecule has 0 spiro atoms. The number of aromatic nitrogens is 1. The SMILES string of the molecule is CCOC(=O)N(CCc1csc(-c2ccccc2)n1)C(CC(C)C)C(=O)O. The monoisotopic (exact) mass is 390 g/mol. The summed E-state index contributed by atoms with van der Waals surface area (Å²) in [6, 6.07) is 8.96. The van der Waals surface area contributed by atoms with Gasteiger partial charge in [-0.05, 0) is 19.3 Å². The maximum absolute atomic E-state index is 12.3. The van der Waals surface area contributed by atoms with E-state index in [1.54, 1.807) is 6.92 Å². The van der Waals surface area contributed by atoms with Gasteiger partial charge in [0.15, 0.2) is 0 Å². The molecule has 0 aliphatic carbocycles. The minimum atomic E-state index is -1.01. The van der Waals surface area contributed by atoms with Crippen LogP contribution < -0.4 is 0 Å². The van der Waals surface area contributed by atoms with E-state index in [1.165, 1.54) is 16.2 Å². The quantitative estimate of drug-likeness (QED) is 0.690. The fourth-order valence-corrected chi connectivity index (χ4v) is 3.62. The molecular weight excluding hydrogens is 364 g/mol. The van der Waals surface area contributed by atoms with Crippen molar-refractivity contribution in [1.29, 1.82) is 0 Å². The molecule has 27 heavy (non-hydrogen) atoms. The normalized spacial score (nSPS) is 12.0. The van der Waals surface area contributed by atoms with Crippen LogP contribution in [0, 0.1) is 5.92 Å². The summed E-state index contributed by atoms with van der Waals surface area (Å²) in [6.45, 7) is 6.04. The van der Waals surface area contributed by atoms with E-state index in [-0.39, 0.29) is 19.1 Å².